The van der Waals surface area contributed by atoms with Crippen LogP contribution in [0.4, 0.5) is 0 Å². The van der Waals surface area contributed by atoms with Crippen LogP contribution in [0.5, 0.6) is 0 Å². The highest BCUT2D eigenvalue weighted by Gasteiger charge is 2.12. The van der Waals surface area contributed by atoms with E-state index in [1.807, 2.05) is 0 Å². The predicted molar refractivity (Wildman–Crippen MR) is 68.6 cm³/mol. The van der Waals surface area contributed by atoms with Crippen molar-refractivity contribution in [1.29, 1.82) is 0 Å². The fourth-order valence-electron chi connectivity index (χ4n) is 1.81. The number of benzene rings is 1. The molecule has 0 saturated carbocycles. The lowest BCUT2D eigenvalue weighted by Crippen LogP contribution is -2.12. The summed E-state index contributed by atoms with van der Waals surface area (Å²) in [5, 5.41) is 0.302. The van der Waals surface area contributed by atoms with Gasteiger partial charge in [-0.1, -0.05) is 45.0 Å². The topological polar surface area (TPSA) is 0 Å². The molecule has 84 valence electrons. The number of halogens is 1. The van der Waals surface area contributed by atoms with E-state index >= 15 is 0 Å². The zero-order valence-corrected chi connectivity index (χ0v) is 10.7. The highest BCUT2D eigenvalue weighted by atomic mass is 35.5. The van der Waals surface area contributed by atoms with Gasteiger partial charge in [0.05, 0.1) is 0 Å². The molecule has 2 unspecified atom stereocenters. The van der Waals surface area contributed by atoms with E-state index in [1.165, 1.54) is 11.1 Å². The van der Waals surface area contributed by atoms with Gasteiger partial charge >= 0.3 is 0 Å². The highest BCUT2D eigenvalue weighted by molar-refractivity contribution is 6.20. The average Bonchev–Trinajstić information content (AvgIpc) is 2.29. The summed E-state index contributed by atoms with van der Waals surface area (Å²) in [5.74, 6) is 0.559. The molecule has 0 aliphatic rings. The molecular weight excluding hydrogens is 204 g/mol. The molecule has 2 atom stereocenters. The van der Waals surface area contributed by atoms with E-state index in [9.17, 15) is 0 Å². The van der Waals surface area contributed by atoms with Crippen molar-refractivity contribution >= 4 is 11.6 Å². The second-order valence-electron chi connectivity index (χ2n) is 4.28. The zero-order valence-electron chi connectivity index (χ0n) is 9.96. The van der Waals surface area contributed by atoms with E-state index in [1.54, 1.807) is 0 Å². The van der Waals surface area contributed by atoms with Gasteiger partial charge in [-0.15, -0.1) is 11.6 Å². The fraction of sp³-hybridized carbons (Fsp3) is 0.571. The Balaban J connectivity index is 2.57. The summed E-state index contributed by atoms with van der Waals surface area (Å²) in [7, 11) is 0. The molecule has 0 saturated heterocycles. The van der Waals surface area contributed by atoms with Gasteiger partial charge < -0.3 is 0 Å². The van der Waals surface area contributed by atoms with Crippen LogP contribution in [0.1, 0.15) is 38.3 Å². The second-order valence-corrected chi connectivity index (χ2v) is 4.84. The van der Waals surface area contributed by atoms with E-state index in [0.29, 0.717) is 11.3 Å². The summed E-state index contributed by atoms with van der Waals surface area (Å²) in [6, 6.07) is 8.90. The molecule has 0 radical (unpaired) electrons. The van der Waals surface area contributed by atoms with Gasteiger partial charge in [0.25, 0.3) is 0 Å². The van der Waals surface area contributed by atoms with Crippen molar-refractivity contribution in [2.75, 3.05) is 0 Å². The van der Waals surface area contributed by atoms with Crippen LogP contribution >= 0.6 is 11.6 Å². The zero-order chi connectivity index (χ0) is 11.3. The number of rotatable bonds is 5. The Morgan fingerprint density at radius 2 is 1.60 bits per heavy atom. The first kappa shape index (κ1) is 12.6. The lowest BCUT2D eigenvalue weighted by atomic mass is 9.96. The largest absolute Gasteiger partial charge is 0.123 e. The maximum Gasteiger partial charge on any atom is 0.0362 e. The first-order valence-corrected chi connectivity index (χ1v) is 6.32. The number of alkyl halides is 1. The summed E-state index contributed by atoms with van der Waals surface area (Å²) in [6.45, 7) is 6.56. The van der Waals surface area contributed by atoms with Crippen LogP contribution in [0.2, 0.25) is 0 Å². The Morgan fingerprint density at radius 1 is 1.07 bits per heavy atom. The molecule has 1 rings (SSSR count). The maximum absolute atomic E-state index is 6.22. The minimum absolute atomic E-state index is 0.302. The number of hydrogen-bond acceptors (Lipinski definition) is 0. The van der Waals surface area contributed by atoms with Crippen LogP contribution in [0.3, 0.4) is 0 Å². The van der Waals surface area contributed by atoms with Crippen LogP contribution in [-0.4, -0.2) is 5.38 Å². The quantitative estimate of drug-likeness (QED) is 0.649. The Morgan fingerprint density at radius 3 is 2.07 bits per heavy atom. The molecule has 0 heterocycles. The van der Waals surface area contributed by atoms with Gasteiger partial charge in [0, 0.05) is 5.38 Å². The fourth-order valence-corrected chi connectivity index (χ4v) is 1.90. The molecule has 0 aromatic heterocycles. The molecule has 1 aromatic rings. The molecule has 0 fully saturated rings. The SMILES string of the molecule is CCc1ccc(CC(C)C(Cl)CC)cc1. The van der Waals surface area contributed by atoms with Crippen LogP contribution in [0.25, 0.3) is 0 Å². The smallest absolute Gasteiger partial charge is 0.0362 e. The summed E-state index contributed by atoms with van der Waals surface area (Å²) >= 11 is 6.22. The average molecular weight is 225 g/mol. The molecule has 15 heavy (non-hydrogen) atoms. The van der Waals surface area contributed by atoms with Crippen LogP contribution in [0.15, 0.2) is 24.3 Å². The molecule has 0 bridgehead atoms. The van der Waals surface area contributed by atoms with Crippen molar-refractivity contribution in [3.63, 3.8) is 0 Å². The van der Waals surface area contributed by atoms with Crippen molar-refractivity contribution in [1.82, 2.24) is 0 Å². The minimum atomic E-state index is 0.302. The Hall–Kier alpha value is -0.490. The first-order chi connectivity index (χ1) is 7.17. The van der Waals surface area contributed by atoms with Crippen LogP contribution in [0, 0.1) is 5.92 Å². The van der Waals surface area contributed by atoms with Gasteiger partial charge in [0.1, 0.15) is 0 Å². The van der Waals surface area contributed by atoms with Crippen molar-refractivity contribution in [3.8, 4) is 0 Å². The van der Waals surface area contributed by atoms with E-state index in [2.05, 4.69) is 45.0 Å². The van der Waals surface area contributed by atoms with E-state index in [0.717, 1.165) is 19.3 Å². The standard InChI is InChI=1S/C14H21Cl/c1-4-12-6-8-13(9-7-12)10-11(3)14(15)5-2/h6-9,11,14H,4-5,10H2,1-3H3. The second kappa shape index (κ2) is 6.17. The Bertz CT molecular complexity index is 276. The van der Waals surface area contributed by atoms with Gasteiger partial charge in [0.15, 0.2) is 0 Å². The first-order valence-electron chi connectivity index (χ1n) is 5.89. The summed E-state index contributed by atoms with van der Waals surface area (Å²) in [5.41, 5.74) is 2.81. The Kier molecular flexibility index (Phi) is 5.17. The maximum atomic E-state index is 6.22. The molecular formula is C14H21Cl. The predicted octanol–water partition coefficient (Wildman–Crippen LogP) is 4.45. The Labute approximate surface area is 98.7 Å². The molecule has 0 nitrogen and oxygen atoms in total. The van der Waals surface area contributed by atoms with Crippen molar-refractivity contribution in [3.05, 3.63) is 35.4 Å². The van der Waals surface area contributed by atoms with Gasteiger partial charge in [-0.2, -0.15) is 0 Å². The molecule has 1 heteroatoms. The van der Waals surface area contributed by atoms with Crippen LogP contribution < -0.4 is 0 Å². The molecule has 0 N–H and O–H groups in total. The summed E-state index contributed by atoms with van der Waals surface area (Å²) < 4.78 is 0. The van der Waals surface area contributed by atoms with Crippen molar-refractivity contribution in [2.45, 2.75) is 45.4 Å². The molecule has 0 amide bonds. The van der Waals surface area contributed by atoms with E-state index < -0.39 is 0 Å². The molecule has 0 aliphatic carbocycles. The van der Waals surface area contributed by atoms with E-state index in [-0.39, 0.29) is 0 Å². The third kappa shape index (κ3) is 3.87. The third-order valence-corrected chi connectivity index (χ3v) is 3.74. The lowest BCUT2D eigenvalue weighted by Gasteiger charge is -2.16. The lowest BCUT2D eigenvalue weighted by molar-refractivity contribution is 0.531. The summed E-state index contributed by atoms with van der Waals surface area (Å²) in [6.07, 6.45) is 3.25. The van der Waals surface area contributed by atoms with Gasteiger partial charge in [-0.05, 0) is 36.3 Å². The molecule has 1 aromatic carbocycles. The minimum Gasteiger partial charge on any atom is -0.123 e. The van der Waals surface area contributed by atoms with Gasteiger partial charge in [0.2, 0.25) is 0 Å². The normalized spacial score (nSPS) is 14.9. The van der Waals surface area contributed by atoms with E-state index in [4.69, 9.17) is 11.6 Å². The van der Waals surface area contributed by atoms with Crippen molar-refractivity contribution in [2.24, 2.45) is 5.92 Å². The monoisotopic (exact) mass is 224 g/mol. The third-order valence-electron chi connectivity index (χ3n) is 3.00. The van der Waals surface area contributed by atoms with Crippen LogP contribution in [-0.2, 0) is 12.8 Å². The number of aryl methyl sites for hydroxylation is 1. The molecule has 0 aliphatic heterocycles. The number of hydrogen-bond donors (Lipinski definition) is 0. The summed E-state index contributed by atoms with van der Waals surface area (Å²) in [4.78, 5) is 0. The highest BCUT2D eigenvalue weighted by Crippen LogP contribution is 2.19. The van der Waals surface area contributed by atoms with Crippen molar-refractivity contribution < 1.29 is 0 Å². The molecule has 0 spiro atoms. The van der Waals surface area contributed by atoms with Gasteiger partial charge in [-0.3, -0.25) is 0 Å². The van der Waals surface area contributed by atoms with Gasteiger partial charge in [-0.25, -0.2) is 0 Å².